The summed E-state index contributed by atoms with van der Waals surface area (Å²) in [5.41, 5.74) is 1.26. The van der Waals surface area contributed by atoms with E-state index in [1.807, 2.05) is 12.3 Å². The Balaban J connectivity index is 1.75. The standard InChI is InChI=1S/C17H25N3O/c1-3-16-9-19-11-17(4-2,15(16)21)12-20(10-16)14(19)13-7-5-6-8-18-13/h5-8,14-15,21H,3-4,9-12H2,1-2H3. The normalized spacial score (nSPS) is 47.8. The van der Waals surface area contributed by atoms with Crippen LogP contribution in [0.15, 0.2) is 24.4 Å². The van der Waals surface area contributed by atoms with Crippen molar-refractivity contribution in [3.8, 4) is 0 Å². The predicted octanol–water partition coefficient (Wildman–Crippen LogP) is 1.88. The molecule has 5 heterocycles. The summed E-state index contributed by atoms with van der Waals surface area (Å²) < 4.78 is 0. The maximum atomic E-state index is 11.0. The van der Waals surface area contributed by atoms with Gasteiger partial charge in [0.2, 0.25) is 0 Å². The second kappa shape index (κ2) is 4.51. The van der Waals surface area contributed by atoms with Crippen LogP contribution in [0.2, 0.25) is 0 Å². The first-order valence-corrected chi connectivity index (χ1v) is 8.21. The molecule has 4 aliphatic rings. The first kappa shape index (κ1) is 13.7. The van der Waals surface area contributed by atoms with Crippen LogP contribution in [-0.2, 0) is 0 Å². The van der Waals surface area contributed by atoms with E-state index in [1.165, 1.54) is 0 Å². The van der Waals surface area contributed by atoms with Crippen LogP contribution < -0.4 is 0 Å². The Hall–Kier alpha value is -0.970. The highest BCUT2D eigenvalue weighted by Gasteiger charge is 2.64. The highest BCUT2D eigenvalue weighted by atomic mass is 16.3. The Morgan fingerprint density at radius 1 is 1.10 bits per heavy atom. The summed E-state index contributed by atoms with van der Waals surface area (Å²) in [5.74, 6) is 0. The van der Waals surface area contributed by atoms with Gasteiger partial charge in [0.15, 0.2) is 0 Å². The SMILES string of the molecule is CCC12CN3CC(CC)(CN(C1)C3c1ccccn1)C2O. The van der Waals surface area contributed by atoms with E-state index in [9.17, 15) is 5.11 Å². The number of aliphatic hydroxyl groups excluding tert-OH is 1. The summed E-state index contributed by atoms with van der Waals surface area (Å²) in [4.78, 5) is 9.72. The lowest BCUT2D eigenvalue weighted by Crippen LogP contribution is -2.78. The highest BCUT2D eigenvalue weighted by molar-refractivity contribution is 5.20. The molecule has 0 atom stereocenters. The maximum Gasteiger partial charge on any atom is 0.106 e. The van der Waals surface area contributed by atoms with E-state index >= 15 is 0 Å². The zero-order chi connectivity index (χ0) is 14.7. The number of rotatable bonds is 3. The highest BCUT2D eigenvalue weighted by Crippen LogP contribution is 2.56. The summed E-state index contributed by atoms with van der Waals surface area (Å²) in [5, 5.41) is 11.0. The van der Waals surface area contributed by atoms with Crippen molar-refractivity contribution < 1.29 is 5.11 Å². The van der Waals surface area contributed by atoms with Gasteiger partial charge >= 0.3 is 0 Å². The number of hydrogen-bond acceptors (Lipinski definition) is 4. The third kappa shape index (κ3) is 1.70. The minimum Gasteiger partial charge on any atom is -0.392 e. The quantitative estimate of drug-likeness (QED) is 0.921. The van der Waals surface area contributed by atoms with Crippen LogP contribution in [0.1, 0.15) is 38.5 Å². The van der Waals surface area contributed by atoms with Gasteiger partial charge in [-0.25, -0.2) is 0 Å². The first-order chi connectivity index (χ1) is 10.1. The van der Waals surface area contributed by atoms with Crippen molar-refractivity contribution >= 4 is 0 Å². The largest absolute Gasteiger partial charge is 0.392 e. The average molecular weight is 287 g/mol. The van der Waals surface area contributed by atoms with Gasteiger partial charge in [-0.3, -0.25) is 14.8 Å². The van der Waals surface area contributed by atoms with Crippen LogP contribution in [0, 0.1) is 10.8 Å². The first-order valence-electron chi connectivity index (χ1n) is 8.21. The fourth-order valence-corrected chi connectivity index (χ4v) is 5.14. The van der Waals surface area contributed by atoms with E-state index in [1.54, 1.807) is 0 Å². The summed E-state index contributed by atoms with van der Waals surface area (Å²) in [6, 6.07) is 6.20. The van der Waals surface area contributed by atoms with E-state index in [2.05, 4.69) is 40.8 Å². The van der Waals surface area contributed by atoms with Crippen molar-refractivity contribution in [3.05, 3.63) is 30.1 Å². The molecule has 4 saturated heterocycles. The van der Waals surface area contributed by atoms with Gasteiger partial charge in [-0.15, -0.1) is 0 Å². The van der Waals surface area contributed by atoms with Crippen molar-refractivity contribution in [3.63, 3.8) is 0 Å². The summed E-state index contributed by atoms with van der Waals surface area (Å²) in [6.45, 7) is 8.48. The monoisotopic (exact) mass is 287 g/mol. The zero-order valence-electron chi connectivity index (χ0n) is 13.0. The molecule has 1 aromatic rings. The minimum atomic E-state index is -0.155. The summed E-state index contributed by atoms with van der Waals surface area (Å²) >= 11 is 0. The predicted molar refractivity (Wildman–Crippen MR) is 81.6 cm³/mol. The van der Waals surface area contributed by atoms with Crippen LogP contribution in [0.3, 0.4) is 0 Å². The van der Waals surface area contributed by atoms with Crippen molar-refractivity contribution in [2.24, 2.45) is 10.8 Å². The van der Waals surface area contributed by atoms with Gasteiger partial charge < -0.3 is 5.11 Å². The smallest absolute Gasteiger partial charge is 0.106 e. The number of aromatic nitrogens is 1. The van der Waals surface area contributed by atoms with Gasteiger partial charge in [-0.1, -0.05) is 19.9 Å². The maximum absolute atomic E-state index is 11.0. The lowest BCUT2D eigenvalue weighted by Gasteiger charge is -2.69. The fourth-order valence-electron chi connectivity index (χ4n) is 5.14. The molecule has 4 aliphatic heterocycles. The number of piperidine rings is 2. The minimum absolute atomic E-state index is 0.0534. The number of hydrogen-bond donors (Lipinski definition) is 1. The molecule has 0 aliphatic carbocycles. The molecule has 1 N–H and O–H groups in total. The molecule has 4 fully saturated rings. The van der Waals surface area contributed by atoms with Gasteiger partial charge in [0, 0.05) is 43.2 Å². The Labute approximate surface area is 126 Å². The van der Waals surface area contributed by atoms with Crippen LogP contribution in [0.5, 0.6) is 0 Å². The molecular formula is C17H25N3O. The van der Waals surface area contributed by atoms with Crippen LogP contribution >= 0.6 is 0 Å². The van der Waals surface area contributed by atoms with Crippen molar-refractivity contribution in [1.29, 1.82) is 0 Å². The van der Waals surface area contributed by atoms with Gasteiger partial charge in [0.05, 0.1) is 11.8 Å². The topological polar surface area (TPSA) is 39.6 Å². The lowest BCUT2D eigenvalue weighted by atomic mass is 9.57. The Bertz CT molecular complexity index is 492. The van der Waals surface area contributed by atoms with Crippen LogP contribution in [-0.4, -0.2) is 52.2 Å². The Morgan fingerprint density at radius 2 is 1.67 bits per heavy atom. The number of aliphatic hydroxyl groups is 1. The van der Waals surface area contributed by atoms with Crippen molar-refractivity contribution in [1.82, 2.24) is 14.8 Å². The third-order valence-corrected chi connectivity index (χ3v) is 6.28. The molecule has 0 saturated carbocycles. The molecule has 4 bridgehead atoms. The fraction of sp³-hybridized carbons (Fsp3) is 0.706. The molecule has 114 valence electrons. The molecule has 5 rings (SSSR count). The van der Waals surface area contributed by atoms with Gasteiger partial charge in [0.25, 0.3) is 0 Å². The van der Waals surface area contributed by atoms with Crippen molar-refractivity contribution in [2.45, 2.75) is 39.0 Å². The van der Waals surface area contributed by atoms with E-state index in [0.29, 0.717) is 6.17 Å². The second-order valence-electron chi connectivity index (χ2n) is 7.27. The zero-order valence-corrected chi connectivity index (χ0v) is 13.0. The average Bonchev–Trinajstić information content (AvgIpc) is 2.52. The lowest BCUT2D eigenvalue weighted by molar-refractivity contribution is -0.267. The van der Waals surface area contributed by atoms with Crippen molar-refractivity contribution in [2.75, 3.05) is 26.2 Å². The Kier molecular flexibility index (Phi) is 2.94. The van der Waals surface area contributed by atoms with E-state index in [0.717, 1.165) is 44.7 Å². The summed E-state index contributed by atoms with van der Waals surface area (Å²) in [6.07, 6.45) is 4.15. The third-order valence-electron chi connectivity index (χ3n) is 6.28. The molecule has 0 radical (unpaired) electrons. The number of pyridine rings is 1. The molecule has 4 heteroatoms. The molecule has 0 spiro atoms. The van der Waals surface area contributed by atoms with E-state index < -0.39 is 0 Å². The summed E-state index contributed by atoms with van der Waals surface area (Å²) in [7, 11) is 0. The molecule has 1 aromatic heterocycles. The van der Waals surface area contributed by atoms with Gasteiger partial charge in [-0.2, -0.15) is 0 Å². The molecule has 0 aromatic carbocycles. The molecule has 0 unspecified atom stereocenters. The number of nitrogens with zero attached hydrogens (tertiary/aromatic N) is 3. The van der Waals surface area contributed by atoms with Crippen LogP contribution in [0.25, 0.3) is 0 Å². The molecule has 0 amide bonds. The molecule has 21 heavy (non-hydrogen) atoms. The second-order valence-corrected chi connectivity index (χ2v) is 7.27. The van der Waals surface area contributed by atoms with E-state index in [-0.39, 0.29) is 16.9 Å². The molecule has 4 nitrogen and oxygen atoms in total. The van der Waals surface area contributed by atoms with Gasteiger partial charge in [-0.05, 0) is 25.0 Å². The molecular weight excluding hydrogens is 262 g/mol. The van der Waals surface area contributed by atoms with Crippen LogP contribution in [0.4, 0.5) is 0 Å². The van der Waals surface area contributed by atoms with Gasteiger partial charge in [0.1, 0.15) is 6.17 Å². The Morgan fingerprint density at radius 3 is 2.10 bits per heavy atom. The van der Waals surface area contributed by atoms with E-state index in [4.69, 9.17) is 0 Å².